The lowest BCUT2D eigenvalue weighted by atomic mass is 9.99. The molecule has 1 aromatic heterocycles. The fraction of sp³-hybridized carbons (Fsp3) is 0.455. The second kappa shape index (κ2) is 12.2. The number of carbonyl (C=O) groups is 2. The number of piperazine rings is 1. The molecule has 1 saturated heterocycles. The molecule has 10 heteroatoms. The van der Waals surface area contributed by atoms with Crippen molar-refractivity contribution in [3.63, 3.8) is 0 Å². The van der Waals surface area contributed by atoms with Crippen molar-refractivity contribution in [1.82, 2.24) is 24.7 Å². The number of hydrogen-bond acceptors (Lipinski definition) is 8. The van der Waals surface area contributed by atoms with Gasteiger partial charge in [0, 0.05) is 68.9 Å². The van der Waals surface area contributed by atoms with Crippen LogP contribution in [0.1, 0.15) is 24.1 Å². The average Bonchev–Trinajstić information content (AvgIpc) is 3.01. The zero-order chi connectivity index (χ0) is 30.1. The number of hydrogen-bond donors (Lipinski definition) is 0. The second-order valence-corrected chi connectivity index (χ2v) is 12.1. The monoisotopic (exact) mass is 583 g/mol. The Hall–Kier alpha value is -4.18. The zero-order valence-corrected chi connectivity index (χ0v) is 25.4. The van der Waals surface area contributed by atoms with Gasteiger partial charge in [-0.05, 0) is 44.5 Å². The van der Waals surface area contributed by atoms with E-state index in [9.17, 15) is 9.59 Å². The number of benzene rings is 2. The van der Waals surface area contributed by atoms with Crippen LogP contribution in [0.2, 0.25) is 0 Å². The maximum absolute atomic E-state index is 13.2. The summed E-state index contributed by atoms with van der Waals surface area (Å²) in [5.41, 5.74) is 3.29. The number of rotatable bonds is 4. The van der Waals surface area contributed by atoms with Gasteiger partial charge in [0.25, 0.3) is 0 Å². The van der Waals surface area contributed by atoms with Crippen molar-refractivity contribution >= 4 is 34.1 Å². The zero-order valence-electron chi connectivity index (χ0n) is 25.4. The van der Waals surface area contributed by atoms with E-state index in [0.717, 1.165) is 30.0 Å². The summed E-state index contributed by atoms with van der Waals surface area (Å²) in [5, 5.41) is 2.44. The van der Waals surface area contributed by atoms with Gasteiger partial charge < -0.3 is 29.2 Å². The van der Waals surface area contributed by atoms with Crippen LogP contribution in [-0.4, -0.2) is 109 Å². The van der Waals surface area contributed by atoms with Crippen LogP contribution in [-0.2, 0) is 22.6 Å². The molecule has 10 nitrogen and oxygen atoms in total. The summed E-state index contributed by atoms with van der Waals surface area (Å²) in [6.45, 7) is 7.93. The van der Waals surface area contributed by atoms with E-state index in [-0.39, 0.29) is 24.0 Å². The molecule has 6 rings (SSSR count). The Kier molecular flexibility index (Phi) is 8.21. The van der Waals surface area contributed by atoms with Crippen molar-refractivity contribution in [2.45, 2.75) is 38.0 Å². The number of ether oxygens (including phenoxy) is 1. The van der Waals surface area contributed by atoms with Crippen LogP contribution in [0, 0.1) is 0 Å². The minimum Gasteiger partial charge on any atom is -0.457 e. The molecule has 0 N–H and O–H groups in total. The van der Waals surface area contributed by atoms with E-state index in [2.05, 4.69) is 63.7 Å². The van der Waals surface area contributed by atoms with Crippen LogP contribution >= 0.6 is 0 Å². The fourth-order valence-electron chi connectivity index (χ4n) is 6.66. The van der Waals surface area contributed by atoms with Crippen molar-refractivity contribution in [2.24, 2.45) is 0 Å². The van der Waals surface area contributed by atoms with Crippen LogP contribution < -0.4 is 14.5 Å². The van der Waals surface area contributed by atoms with E-state index in [1.165, 1.54) is 22.5 Å². The smallest absolute Gasteiger partial charge is 0.319 e. The van der Waals surface area contributed by atoms with Gasteiger partial charge in [-0.25, -0.2) is 0 Å². The Morgan fingerprint density at radius 3 is 2.70 bits per heavy atom. The summed E-state index contributed by atoms with van der Waals surface area (Å²) in [4.78, 5) is 46.2. The molecule has 1 fully saturated rings. The van der Waals surface area contributed by atoms with Crippen molar-refractivity contribution in [3.8, 4) is 6.01 Å². The lowest BCUT2D eigenvalue weighted by Gasteiger charge is -2.44. The summed E-state index contributed by atoms with van der Waals surface area (Å²) in [6, 6.07) is 15.2. The molecule has 3 aromatic rings. The van der Waals surface area contributed by atoms with Gasteiger partial charge in [-0.3, -0.25) is 9.59 Å². The quantitative estimate of drug-likeness (QED) is 0.434. The number of amides is 2. The van der Waals surface area contributed by atoms with E-state index in [0.29, 0.717) is 58.1 Å². The number of nitrogens with zero attached hydrogens (tertiary/aromatic N) is 7. The highest BCUT2D eigenvalue weighted by molar-refractivity contribution is 5.94. The van der Waals surface area contributed by atoms with Crippen molar-refractivity contribution in [3.05, 3.63) is 66.4 Å². The highest BCUT2D eigenvalue weighted by Gasteiger charge is 2.35. The Morgan fingerprint density at radius 2 is 1.88 bits per heavy atom. The molecule has 43 heavy (non-hydrogen) atoms. The number of carbonyl (C=O) groups excluding carboxylic acids is 2. The minimum absolute atomic E-state index is 0.0602. The molecule has 2 unspecified atom stereocenters. The molecule has 3 aliphatic heterocycles. The maximum Gasteiger partial charge on any atom is 0.319 e. The first-order valence-electron chi connectivity index (χ1n) is 15.2. The molecular weight excluding hydrogens is 542 g/mol. The largest absolute Gasteiger partial charge is 0.457 e. The van der Waals surface area contributed by atoms with E-state index < -0.39 is 0 Å². The molecule has 3 aliphatic rings. The Bertz CT molecular complexity index is 1520. The summed E-state index contributed by atoms with van der Waals surface area (Å²) in [5.74, 6) is 0.857. The Labute approximate surface area is 253 Å². The van der Waals surface area contributed by atoms with Crippen molar-refractivity contribution in [2.75, 3.05) is 70.2 Å². The molecule has 2 atom stereocenters. The van der Waals surface area contributed by atoms with Crippen LogP contribution in [0.5, 0.6) is 6.01 Å². The van der Waals surface area contributed by atoms with Crippen LogP contribution in [0.4, 0.5) is 11.5 Å². The third kappa shape index (κ3) is 6.01. The van der Waals surface area contributed by atoms with E-state index in [4.69, 9.17) is 14.7 Å². The van der Waals surface area contributed by atoms with E-state index in [1.54, 1.807) is 4.90 Å². The number of likely N-dealkylation sites (N-methyl/N-ethyl adjacent to an activating group) is 2. The topological polar surface area (TPSA) is 85.3 Å². The molecule has 0 radical (unpaired) electrons. The molecular formula is C33H41N7O3. The van der Waals surface area contributed by atoms with Gasteiger partial charge >= 0.3 is 6.01 Å². The van der Waals surface area contributed by atoms with Gasteiger partial charge in [-0.1, -0.05) is 43.0 Å². The minimum atomic E-state index is -0.287. The standard InChI is InChI=1S/C33H41N7O3/c1-5-30(41)39-17-18-40-24(19-39)13-14-31(42)37(4)21-25(20-36(2)3)43-33-34-28-22-38(16-15-27(28)32(40)35-33)29-12-8-10-23-9-6-7-11-26(23)29/h5-12,24-25H,1,13-22H2,2-4H3. The third-order valence-corrected chi connectivity index (χ3v) is 8.81. The normalized spacial score (nSPS) is 21.1. The van der Waals surface area contributed by atoms with E-state index in [1.807, 2.05) is 26.0 Å². The number of anilines is 2. The van der Waals surface area contributed by atoms with Crippen LogP contribution in [0.3, 0.4) is 0 Å². The summed E-state index contributed by atoms with van der Waals surface area (Å²) >= 11 is 0. The first kappa shape index (κ1) is 28.9. The van der Waals surface area contributed by atoms with Gasteiger partial charge in [-0.2, -0.15) is 9.97 Å². The van der Waals surface area contributed by atoms with Gasteiger partial charge in [0.05, 0.1) is 18.8 Å². The Balaban J connectivity index is 1.41. The first-order valence-corrected chi connectivity index (χ1v) is 15.2. The van der Waals surface area contributed by atoms with Gasteiger partial charge in [0.15, 0.2) is 0 Å². The molecule has 2 bridgehead atoms. The number of aromatic nitrogens is 2. The predicted octanol–water partition coefficient (Wildman–Crippen LogP) is 2.96. The van der Waals surface area contributed by atoms with Crippen LogP contribution in [0.25, 0.3) is 10.8 Å². The molecule has 2 aromatic carbocycles. The lowest BCUT2D eigenvalue weighted by molar-refractivity contribution is -0.131. The molecule has 0 aliphatic carbocycles. The number of fused-ring (bicyclic) bond motifs is 7. The van der Waals surface area contributed by atoms with Crippen molar-refractivity contribution < 1.29 is 14.3 Å². The van der Waals surface area contributed by atoms with Gasteiger partial charge in [-0.15, -0.1) is 0 Å². The molecule has 0 spiro atoms. The predicted molar refractivity (Wildman–Crippen MR) is 168 cm³/mol. The molecule has 226 valence electrons. The van der Waals surface area contributed by atoms with Crippen LogP contribution in [0.15, 0.2) is 55.1 Å². The highest BCUT2D eigenvalue weighted by atomic mass is 16.5. The lowest BCUT2D eigenvalue weighted by Crippen LogP contribution is -2.56. The summed E-state index contributed by atoms with van der Waals surface area (Å²) in [6.07, 6.45) is 2.88. The summed E-state index contributed by atoms with van der Waals surface area (Å²) < 4.78 is 6.51. The average molecular weight is 584 g/mol. The molecule has 0 saturated carbocycles. The first-order chi connectivity index (χ1) is 20.8. The van der Waals surface area contributed by atoms with Gasteiger partial charge in [0.1, 0.15) is 11.9 Å². The SMILES string of the molecule is C=CC(=O)N1CCN2c3nc(nc4c3CCN(c3cccc5ccccc35)C4)OC(CN(C)C)CN(C)C(=O)CCC2C1. The molecule has 4 heterocycles. The molecule has 2 amide bonds. The second-order valence-electron chi connectivity index (χ2n) is 12.1. The maximum atomic E-state index is 13.2. The van der Waals surface area contributed by atoms with Gasteiger partial charge in [0.2, 0.25) is 11.8 Å². The highest BCUT2D eigenvalue weighted by Crippen LogP contribution is 2.36. The fourth-order valence-corrected chi connectivity index (χ4v) is 6.66. The summed E-state index contributed by atoms with van der Waals surface area (Å²) in [7, 11) is 5.82. The Morgan fingerprint density at radius 1 is 1.07 bits per heavy atom. The van der Waals surface area contributed by atoms with Crippen molar-refractivity contribution in [1.29, 1.82) is 0 Å². The third-order valence-electron chi connectivity index (χ3n) is 8.81. The van der Waals surface area contributed by atoms with E-state index >= 15 is 0 Å².